The van der Waals surface area contributed by atoms with Crippen molar-refractivity contribution in [2.24, 2.45) is 0 Å². The summed E-state index contributed by atoms with van der Waals surface area (Å²) in [6, 6.07) is 1.39. The summed E-state index contributed by atoms with van der Waals surface area (Å²) in [4.78, 5) is 64.7. The molecule has 3 aromatic rings. The van der Waals surface area contributed by atoms with Crippen LogP contribution in [0.2, 0.25) is 0 Å². The van der Waals surface area contributed by atoms with Crippen LogP contribution in [0.1, 0.15) is 88.1 Å². The van der Waals surface area contributed by atoms with Gasteiger partial charge in [-0.05, 0) is 140 Å². The third-order valence-electron chi connectivity index (χ3n) is 10.00. The highest BCUT2D eigenvalue weighted by atomic mass is 79.9. The van der Waals surface area contributed by atoms with Crippen LogP contribution >= 0.6 is 15.9 Å². The lowest BCUT2D eigenvalue weighted by atomic mass is 9.87. The first-order valence-electron chi connectivity index (χ1n) is 16.6. The first-order valence-corrected chi connectivity index (χ1v) is 17.4. The molecule has 4 rings (SSSR count). The number of aliphatic hydroxyl groups is 1. The van der Waals surface area contributed by atoms with E-state index in [4.69, 9.17) is 18.9 Å². The highest BCUT2D eigenvalue weighted by molar-refractivity contribution is 9.10. The molecule has 0 aliphatic heterocycles. The number of ether oxygens (including phenoxy) is 4. The van der Waals surface area contributed by atoms with Crippen molar-refractivity contribution in [2.75, 3.05) is 7.11 Å². The fourth-order valence-electron chi connectivity index (χ4n) is 6.52. The number of hydrogen-bond acceptors (Lipinski definition) is 11. The molecule has 0 spiro atoms. The lowest BCUT2D eigenvalue weighted by Crippen LogP contribution is -2.47. The number of methoxy groups -OCH3 is 1. The Morgan fingerprint density at radius 3 is 1.87 bits per heavy atom. The van der Waals surface area contributed by atoms with Gasteiger partial charge < -0.3 is 34.3 Å². The number of carboxylic acid groups (broad SMARTS) is 1. The van der Waals surface area contributed by atoms with Crippen molar-refractivity contribution in [1.82, 2.24) is 0 Å². The van der Waals surface area contributed by atoms with Crippen molar-refractivity contribution in [3.63, 3.8) is 0 Å². The SMILES string of the molecule is COC1=CC(=O)C=C(C)[C@]1(O)C(=O)Oc1c(C)c(C)c(C(=O)Oc2cc(C)c(C(=O)Oc3c(C)c(C)c(C(=O)O)c(C)c3CC(F)F)c(C)c2C)c(O)c1Br. The molecule has 0 fully saturated rings. The number of aromatic carboxylic acids is 1. The molecular weight excluding hydrogens is 790 g/mol. The minimum atomic E-state index is -2.86. The van der Waals surface area contributed by atoms with Gasteiger partial charge in [-0.25, -0.2) is 28.0 Å². The maximum absolute atomic E-state index is 13.7. The smallest absolute Gasteiger partial charge is 0.356 e. The third kappa shape index (κ3) is 7.50. The molecule has 3 aromatic carbocycles. The van der Waals surface area contributed by atoms with Gasteiger partial charge in [0.1, 0.15) is 33.0 Å². The summed E-state index contributed by atoms with van der Waals surface area (Å²) in [6.07, 6.45) is -1.72. The van der Waals surface area contributed by atoms with Gasteiger partial charge in [-0.2, -0.15) is 0 Å². The van der Waals surface area contributed by atoms with Gasteiger partial charge in [-0.1, -0.05) is 0 Å². The number of halogens is 3. The van der Waals surface area contributed by atoms with Crippen molar-refractivity contribution in [1.29, 1.82) is 0 Å². The summed E-state index contributed by atoms with van der Waals surface area (Å²) >= 11 is 3.18. The van der Waals surface area contributed by atoms with Crippen LogP contribution in [0.25, 0.3) is 0 Å². The van der Waals surface area contributed by atoms with Crippen molar-refractivity contribution in [2.45, 2.75) is 80.8 Å². The van der Waals surface area contributed by atoms with Crippen LogP contribution in [0.3, 0.4) is 0 Å². The van der Waals surface area contributed by atoms with E-state index in [1.54, 1.807) is 20.8 Å². The summed E-state index contributed by atoms with van der Waals surface area (Å²) in [5, 5.41) is 32.2. The molecule has 0 radical (unpaired) electrons. The Balaban J connectivity index is 1.69. The number of ketones is 1. The summed E-state index contributed by atoms with van der Waals surface area (Å²) in [5.41, 5.74) is -1.20. The maximum Gasteiger partial charge on any atom is 0.356 e. The van der Waals surface area contributed by atoms with E-state index >= 15 is 0 Å². The van der Waals surface area contributed by atoms with Crippen molar-refractivity contribution < 1.29 is 67.0 Å². The molecule has 0 heterocycles. The van der Waals surface area contributed by atoms with Crippen molar-refractivity contribution in [3.8, 4) is 23.0 Å². The summed E-state index contributed by atoms with van der Waals surface area (Å²) < 4.78 is 49.2. The van der Waals surface area contributed by atoms with Crippen LogP contribution in [0, 0.1) is 55.4 Å². The molecule has 0 saturated carbocycles. The van der Waals surface area contributed by atoms with Crippen LogP contribution in [0.15, 0.2) is 34.0 Å². The minimum Gasteiger partial charge on any atom is -0.506 e. The molecule has 1 aliphatic rings. The Morgan fingerprint density at radius 2 is 1.31 bits per heavy atom. The number of aromatic hydroxyl groups is 1. The fraction of sp³-hybridized carbons (Fsp3) is 0.325. The second-order valence-electron chi connectivity index (χ2n) is 13.2. The van der Waals surface area contributed by atoms with Crippen LogP contribution in [0.4, 0.5) is 8.78 Å². The Kier molecular flexibility index (Phi) is 12.1. The third-order valence-corrected chi connectivity index (χ3v) is 10.7. The fourth-order valence-corrected chi connectivity index (χ4v) is 7.09. The van der Waals surface area contributed by atoms with Crippen LogP contribution in [0.5, 0.6) is 23.0 Å². The van der Waals surface area contributed by atoms with E-state index in [2.05, 4.69) is 15.9 Å². The Morgan fingerprint density at radius 1 is 0.764 bits per heavy atom. The van der Waals surface area contributed by atoms with Gasteiger partial charge in [0.15, 0.2) is 11.5 Å². The quantitative estimate of drug-likeness (QED) is 0.138. The van der Waals surface area contributed by atoms with Gasteiger partial charge in [0.25, 0.3) is 0 Å². The number of carbonyl (C=O) groups is 5. The predicted molar refractivity (Wildman–Crippen MR) is 198 cm³/mol. The van der Waals surface area contributed by atoms with E-state index in [0.29, 0.717) is 11.1 Å². The van der Waals surface area contributed by atoms with E-state index in [9.17, 15) is 48.1 Å². The number of rotatable bonds is 10. The number of alkyl halides is 2. The van der Waals surface area contributed by atoms with Crippen LogP contribution in [-0.4, -0.2) is 64.1 Å². The topological polar surface area (TPSA) is 183 Å². The number of carboxylic acids is 1. The molecule has 0 amide bonds. The Bertz CT molecular complexity index is 2240. The zero-order valence-electron chi connectivity index (χ0n) is 31.7. The molecule has 12 nitrogen and oxygen atoms in total. The van der Waals surface area contributed by atoms with Gasteiger partial charge >= 0.3 is 23.9 Å². The average Bonchev–Trinajstić information content (AvgIpc) is 3.09. The number of carbonyl (C=O) groups excluding carboxylic acids is 4. The summed E-state index contributed by atoms with van der Waals surface area (Å²) in [6.45, 7) is 13.3. The Hall–Kier alpha value is -5.41. The van der Waals surface area contributed by atoms with E-state index in [1.165, 1.54) is 54.7 Å². The molecule has 292 valence electrons. The number of allylic oxidation sites excluding steroid dienone is 2. The second kappa shape index (κ2) is 15.7. The molecule has 0 unspecified atom stereocenters. The van der Waals surface area contributed by atoms with Crippen LogP contribution in [-0.2, 0) is 20.7 Å². The predicted octanol–water partition coefficient (Wildman–Crippen LogP) is 7.26. The van der Waals surface area contributed by atoms with Crippen molar-refractivity contribution in [3.05, 3.63) is 101 Å². The van der Waals surface area contributed by atoms with Gasteiger partial charge in [-0.15, -0.1) is 0 Å². The maximum atomic E-state index is 13.7. The first kappa shape index (κ1) is 42.3. The summed E-state index contributed by atoms with van der Waals surface area (Å²) in [5.74, 6) is -6.39. The average molecular weight is 830 g/mol. The Labute approximate surface area is 323 Å². The van der Waals surface area contributed by atoms with Gasteiger partial charge in [0, 0.05) is 18.1 Å². The van der Waals surface area contributed by atoms with Gasteiger partial charge in [-0.3, -0.25) is 4.79 Å². The monoisotopic (exact) mass is 828 g/mol. The minimum absolute atomic E-state index is 0.0157. The largest absolute Gasteiger partial charge is 0.506 e. The molecule has 1 atom stereocenters. The molecule has 0 bridgehead atoms. The molecule has 0 aromatic heterocycles. The van der Waals surface area contributed by atoms with Gasteiger partial charge in [0.2, 0.25) is 12.0 Å². The molecule has 15 heteroatoms. The number of hydrogen-bond donors (Lipinski definition) is 3. The van der Waals surface area contributed by atoms with Gasteiger partial charge in [0.05, 0.1) is 18.2 Å². The van der Waals surface area contributed by atoms with E-state index in [0.717, 1.165) is 12.2 Å². The van der Waals surface area contributed by atoms with Crippen molar-refractivity contribution >= 4 is 45.6 Å². The van der Waals surface area contributed by atoms with E-state index in [1.807, 2.05) is 0 Å². The molecule has 0 saturated heterocycles. The zero-order valence-corrected chi connectivity index (χ0v) is 33.3. The number of aryl methyl sites for hydroxylation is 1. The molecule has 55 heavy (non-hydrogen) atoms. The number of phenols is 1. The first-order chi connectivity index (χ1) is 25.5. The zero-order chi connectivity index (χ0) is 41.6. The lowest BCUT2D eigenvalue weighted by molar-refractivity contribution is -0.151. The van der Waals surface area contributed by atoms with Crippen LogP contribution < -0.4 is 14.2 Å². The second-order valence-corrected chi connectivity index (χ2v) is 14.0. The molecule has 3 N–H and O–H groups in total. The highest BCUT2D eigenvalue weighted by Gasteiger charge is 2.48. The van der Waals surface area contributed by atoms with E-state index in [-0.39, 0.29) is 88.7 Å². The number of phenolic OH excluding ortho intramolecular Hbond substituents is 1. The highest BCUT2D eigenvalue weighted by Crippen LogP contribution is 2.44. The number of esters is 3. The molecule has 1 aliphatic carbocycles. The number of benzene rings is 3. The standard InChI is InChI=1S/C40H39BrF2O12/c1-15-11-26(17(3)18(4)29(15)37(48)54-34-21(7)19(5)30(36(46)47)23(9)25(34)14-28(42)43)53-38(49)31-20(6)22(8)35(32(41)33(31)45)55-39(50)40(51)16(2)12-24(44)13-27(40)52-10/h11-13,28,45,51H,14H2,1-10H3,(H,46,47)/t40-/m1/s1. The lowest BCUT2D eigenvalue weighted by Gasteiger charge is -2.30. The molecular formula is C40H39BrF2O12. The summed E-state index contributed by atoms with van der Waals surface area (Å²) in [7, 11) is 1.17. The normalized spacial score (nSPS) is 15.4. The van der Waals surface area contributed by atoms with E-state index < -0.39 is 53.9 Å².